The highest BCUT2D eigenvalue weighted by atomic mass is 32.2. The molecule has 1 fully saturated rings. The van der Waals surface area contributed by atoms with Crippen LogP contribution in [0.1, 0.15) is 5.76 Å². The van der Waals surface area contributed by atoms with Crippen LogP contribution in [0.15, 0.2) is 44.8 Å². The molecule has 1 aliphatic rings. The average Bonchev–Trinajstić information content (AvgIpc) is 3.14. The third-order valence-electron chi connectivity index (χ3n) is 4.04. The van der Waals surface area contributed by atoms with Crippen LogP contribution >= 0.6 is 24.0 Å². The smallest absolute Gasteiger partial charge is 0.263 e. The Morgan fingerprint density at radius 3 is 2.48 bits per heavy atom. The lowest BCUT2D eigenvalue weighted by Crippen LogP contribution is -2.17. The van der Waals surface area contributed by atoms with Gasteiger partial charge in [0.25, 0.3) is 5.91 Å². The molecule has 1 aliphatic heterocycles. The van der Waals surface area contributed by atoms with Crippen LogP contribution in [0.2, 0.25) is 0 Å². The first kappa shape index (κ1) is 19.7. The summed E-state index contributed by atoms with van der Waals surface area (Å²) in [7, 11) is -4.07. The van der Waals surface area contributed by atoms with E-state index >= 15 is 0 Å². The molecule has 0 saturated carbocycles. The van der Waals surface area contributed by atoms with Gasteiger partial charge >= 0.3 is 0 Å². The van der Waals surface area contributed by atoms with Crippen molar-refractivity contribution >= 4 is 61.1 Å². The molecule has 11 heteroatoms. The lowest BCUT2D eigenvalue weighted by molar-refractivity contribution is -0.115. The molecular weight excluding hydrogens is 442 g/mol. The van der Waals surface area contributed by atoms with E-state index in [0.29, 0.717) is 20.4 Å². The fourth-order valence-corrected chi connectivity index (χ4v) is 4.73. The van der Waals surface area contributed by atoms with E-state index in [1.807, 2.05) is 0 Å². The van der Waals surface area contributed by atoms with Gasteiger partial charge in [0.2, 0.25) is 0 Å². The minimum atomic E-state index is -4.07. The van der Waals surface area contributed by atoms with Gasteiger partial charge in [-0.3, -0.25) is 9.78 Å². The summed E-state index contributed by atoms with van der Waals surface area (Å²) in [6.07, 6.45) is 5.07. The molecule has 3 heterocycles. The Kier molecular flexibility index (Phi) is 4.75. The second-order valence-corrected chi connectivity index (χ2v) is 9.82. The molecule has 0 aliphatic carbocycles. The zero-order valence-corrected chi connectivity index (χ0v) is 17.0. The third-order valence-corrected chi connectivity index (χ3v) is 6.33. The molecule has 0 spiro atoms. The van der Waals surface area contributed by atoms with Crippen LogP contribution in [0.4, 0.5) is 8.78 Å². The van der Waals surface area contributed by atoms with E-state index in [9.17, 15) is 22.0 Å². The molecule has 1 aromatic carbocycles. The minimum Gasteiger partial charge on any atom is -0.456 e. The molecule has 1 N–H and O–H groups in total. The summed E-state index contributed by atoms with van der Waals surface area (Å²) in [6.45, 7) is 0. The molecule has 0 unspecified atom stereocenters. The molecular formula is C18H10F2N2O4S3. The highest BCUT2D eigenvalue weighted by molar-refractivity contribution is 8.26. The predicted molar refractivity (Wildman–Crippen MR) is 109 cm³/mol. The van der Waals surface area contributed by atoms with Gasteiger partial charge in [-0.15, -0.1) is 0 Å². The van der Waals surface area contributed by atoms with Crippen LogP contribution in [0.3, 0.4) is 0 Å². The van der Waals surface area contributed by atoms with Crippen LogP contribution in [-0.2, 0) is 14.6 Å². The predicted octanol–water partition coefficient (Wildman–Crippen LogP) is 3.67. The zero-order chi connectivity index (χ0) is 20.9. The number of hydrogen-bond acceptors (Lipinski definition) is 7. The van der Waals surface area contributed by atoms with Gasteiger partial charge in [0.15, 0.2) is 9.84 Å². The van der Waals surface area contributed by atoms with Crippen molar-refractivity contribution in [3.63, 3.8) is 0 Å². The van der Waals surface area contributed by atoms with E-state index < -0.39 is 26.4 Å². The van der Waals surface area contributed by atoms with Crippen LogP contribution in [-0.4, -0.2) is 29.9 Å². The van der Waals surface area contributed by atoms with Crippen molar-refractivity contribution in [2.75, 3.05) is 6.26 Å². The van der Waals surface area contributed by atoms with Crippen molar-refractivity contribution in [1.29, 1.82) is 0 Å². The van der Waals surface area contributed by atoms with Crippen molar-refractivity contribution in [2.45, 2.75) is 4.90 Å². The number of hydrogen-bond donors (Lipinski definition) is 1. The molecule has 148 valence electrons. The number of amides is 1. The SMILES string of the molecule is CS(=O)(=O)c1c(F)cc(-c2cncc3cc(/C=C4/SC(=S)NC4=O)oc23)cc1F. The lowest BCUT2D eigenvalue weighted by Gasteiger charge is -2.07. The van der Waals surface area contributed by atoms with Gasteiger partial charge in [-0.05, 0) is 23.8 Å². The third kappa shape index (κ3) is 3.68. The molecule has 3 aromatic rings. The lowest BCUT2D eigenvalue weighted by atomic mass is 10.1. The summed E-state index contributed by atoms with van der Waals surface area (Å²) in [5, 5.41) is 3.02. The Bertz CT molecular complexity index is 1320. The molecule has 29 heavy (non-hydrogen) atoms. The van der Waals surface area contributed by atoms with Gasteiger partial charge in [-0.2, -0.15) is 0 Å². The number of sulfone groups is 1. The number of nitrogens with one attached hydrogen (secondary N) is 1. The fourth-order valence-electron chi connectivity index (χ4n) is 2.88. The Morgan fingerprint density at radius 1 is 1.21 bits per heavy atom. The van der Waals surface area contributed by atoms with E-state index in [1.165, 1.54) is 18.5 Å². The summed E-state index contributed by atoms with van der Waals surface area (Å²) < 4.78 is 57.9. The van der Waals surface area contributed by atoms with Gasteiger partial charge in [-0.25, -0.2) is 17.2 Å². The minimum absolute atomic E-state index is 0.0632. The van der Waals surface area contributed by atoms with E-state index in [0.717, 1.165) is 30.2 Å². The molecule has 0 radical (unpaired) electrons. The standard InChI is InChI=1S/C18H10F2N2O4S3/c1-29(24,25)16-12(19)3-8(4-13(16)20)11-7-21-6-9-2-10(26-15(9)11)5-14-17(23)22-18(27)28-14/h2-7H,1H3,(H,22,23,27)/b14-5+. The number of thioether (sulfide) groups is 1. The maximum atomic E-state index is 14.3. The Balaban J connectivity index is 1.84. The molecule has 2 aromatic heterocycles. The van der Waals surface area contributed by atoms with E-state index in [-0.39, 0.29) is 22.6 Å². The maximum absolute atomic E-state index is 14.3. The normalized spacial score (nSPS) is 16.0. The highest BCUT2D eigenvalue weighted by Crippen LogP contribution is 2.34. The van der Waals surface area contributed by atoms with Gasteiger partial charge in [0.05, 0.1) is 4.91 Å². The van der Waals surface area contributed by atoms with Crippen molar-refractivity contribution < 1.29 is 26.4 Å². The Hall–Kier alpha value is -2.63. The van der Waals surface area contributed by atoms with E-state index in [1.54, 1.807) is 6.07 Å². The van der Waals surface area contributed by atoms with Crippen molar-refractivity contribution in [3.8, 4) is 11.1 Å². The van der Waals surface area contributed by atoms with E-state index in [4.69, 9.17) is 16.6 Å². The van der Waals surface area contributed by atoms with Crippen molar-refractivity contribution in [3.05, 3.63) is 52.9 Å². The summed E-state index contributed by atoms with van der Waals surface area (Å²) in [6, 6.07) is 3.44. The van der Waals surface area contributed by atoms with Crippen LogP contribution in [0.25, 0.3) is 28.2 Å². The fraction of sp³-hybridized carbons (Fsp3) is 0.0556. The summed E-state index contributed by atoms with van der Waals surface area (Å²) in [5.41, 5.74) is 0.612. The molecule has 0 bridgehead atoms. The Labute approximate surface area is 172 Å². The molecule has 1 saturated heterocycles. The number of nitrogens with zero attached hydrogens (tertiary/aromatic N) is 1. The van der Waals surface area contributed by atoms with Crippen molar-refractivity contribution in [2.24, 2.45) is 0 Å². The number of aromatic nitrogens is 1. The highest BCUT2D eigenvalue weighted by Gasteiger charge is 2.24. The monoisotopic (exact) mass is 452 g/mol. The number of pyridine rings is 1. The van der Waals surface area contributed by atoms with Gasteiger partial charge in [0.1, 0.15) is 32.2 Å². The van der Waals surface area contributed by atoms with Crippen LogP contribution < -0.4 is 5.32 Å². The second-order valence-electron chi connectivity index (χ2n) is 6.15. The van der Waals surface area contributed by atoms with Crippen LogP contribution in [0, 0.1) is 11.6 Å². The number of fused-ring (bicyclic) bond motifs is 1. The summed E-state index contributed by atoms with van der Waals surface area (Å²) in [4.78, 5) is 15.2. The van der Waals surface area contributed by atoms with Gasteiger partial charge in [0, 0.05) is 35.7 Å². The number of carbonyl (C=O) groups excluding carboxylic acids is 1. The zero-order valence-electron chi connectivity index (χ0n) is 14.5. The average molecular weight is 452 g/mol. The van der Waals surface area contributed by atoms with Gasteiger partial charge in [-0.1, -0.05) is 24.0 Å². The molecule has 1 amide bonds. The Morgan fingerprint density at radius 2 is 1.90 bits per heavy atom. The van der Waals surface area contributed by atoms with Gasteiger partial charge < -0.3 is 9.73 Å². The van der Waals surface area contributed by atoms with E-state index in [2.05, 4.69) is 10.3 Å². The first-order chi connectivity index (χ1) is 13.6. The number of furan rings is 1. The van der Waals surface area contributed by atoms with Crippen molar-refractivity contribution in [1.82, 2.24) is 10.3 Å². The second kappa shape index (κ2) is 7.01. The first-order valence-electron chi connectivity index (χ1n) is 7.95. The number of carbonyl (C=O) groups is 1. The maximum Gasteiger partial charge on any atom is 0.263 e. The number of halogens is 2. The first-order valence-corrected chi connectivity index (χ1v) is 11.1. The summed E-state index contributed by atoms with van der Waals surface area (Å²) >= 11 is 6.02. The number of rotatable bonds is 3. The molecule has 0 atom stereocenters. The largest absolute Gasteiger partial charge is 0.456 e. The number of thiocarbonyl (C=S) groups is 1. The topological polar surface area (TPSA) is 89.3 Å². The van der Waals surface area contributed by atoms with Crippen LogP contribution in [0.5, 0.6) is 0 Å². The molecule has 6 nitrogen and oxygen atoms in total. The molecule has 4 rings (SSSR count). The summed E-state index contributed by atoms with van der Waals surface area (Å²) in [5.74, 6) is -2.44. The quantitative estimate of drug-likeness (QED) is 0.479. The number of benzene rings is 1.